The number of methoxy groups -OCH3 is 2. The molecule has 0 radical (unpaired) electrons. The molecule has 0 aliphatic carbocycles. The Morgan fingerprint density at radius 1 is 1.16 bits per heavy atom. The van der Waals surface area contributed by atoms with Crippen LogP contribution in [0.1, 0.15) is 28.8 Å². The van der Waals surface area contributed by atoms with E-state index in [1.807, 2.05) is 30.3 Å². The van der Waals surface area contributed by atoms with Gasteiger partial charge in [-0.2, -0.15) is 0 Å². The lowest BCUT2D eigenvalue weighted by atomic mass is 10.1. The van der Waals surface area contributed by atoms with Crippen LogP contribution in [0.2, 0.25) is 0 Å². The highest BCUT2D eigenvalue weighted by Gasteiger charge is 2.32. The van der Waals surface area contributed by atoms with E-state index in [9.17, 15) is 19.5 Å². The van der Waals surface area contributed by atoms with Gasteiger partial charge < -0.3 is 29.0 Å². The Bertz CT molecular complexity index is 1160. The fourth-order valence-electron chi connectivity index (χ4n) is 3.78. The Kier molecular flexibility index (Phi) is 9.68. The number of benzene rings is 2. The molecule has 0 aromatic heterocycles. The van der Waals surface area contributed by atoms with Gasteiger partial charge in [-0.3, -0.25) is 14.9 Å². The molecule has 1 unspecified atom stereocenters. The third kappa shape index (κ3) is 7.11. The third-order valence-corrected chi connectivity index (χ3v) is 5.60. The second-order valence-corrected chi connectivity index (χ2v) is 8.13. The average Bonchev–Trinajstić information content (AvgIpc) is 3.33. The van der Waals surface area contributed by atoms with Gasteiger partial charge in [0.05, 0.1) is 44.5 Å². The van der Waals surface area contributed by atoms with Crippen LogP contribution in [0.25, 0.3) is 0 Å². The van der Waals surface area contributed by atoms with Gasteiger partial charge in [0.15, 0.2) is 11.5 Å². The third-order valence-electron chi connectivity index (χ3n) is 5.60. The lowest BCUT2D eigenvalue weighted by molar-refractivity contribution is -0.139. The molecule has 196 valence electrons. The molecule has 1 aliphatic rings. The van der Waals surface area contributed by atoms with Crippen molar-refractivity contribution in [1.82, 2.24) is 4.90 Å². The maximum Gasteiger partial charge on any atom is 0.411 e. The van der Waals surface area contributed by atoms with E-state index >= 15 is 0 Å². The van der Waals surface area contributed by atoms with E-state index in [1.165, 1.54) is 43.5 Å². The summed E-state index contributed by atoms with van der Waals surface area (Å²) in [6, 6.07) is 11.8. The van der Waals surface area contributed by atoms with Crippen molar-refractivity contribution in [3.05, 3.63) is 78.0 Å². The van der Waals surface area contributed by atoms with E-state index in [2.05, 4.69) is 11.9 Å². The predicted molar refractivity (Wildman–Crippen MR) is 135 cm³/mol. The minimum atomic E-state index is -0.796. The summed E-state index contributed by atoms with van der Waals surface area (Å²) in [5.74, 6) is -0.413. The number of aliphatic hydroxyl groups excluding tert-OH is 1. The molecule has 0 saturated carbocycles. The topological polar surface area (TPSA) is 124 Å². The van der Waals surface area contributed by atoms with E-state index in [-0.39, 0.29) is 43.2 Å². The van der Waals surface area contributed by atoms with Gasteiger partial charge in [-0.25, -0.2) is 4.79 Å². The molecule has 0 fully saturated rings. The summed E-state index contributed by atoms with van der Waals surface area (Å²) < 4.78 is 21.1. The first-order chi connectivity index (χ1) is 17.9. The number of ether oxygens (including phenoxy) is 4. The molecule has 1 atom stereocenters. The molecule has 0 saturated heterocycles. The molecular formula is C27H30N2O8. The number of esters is 1. The van der Waals surface area contributed by atoms with Gasteiger partial charge in [0, 0.05) is 12.3 Å². The van der Waals surface area contributed by atoms with Gasteiger partial charge >= 0.3 is 12.1 Å². The molecule has 0 bridgehead atoms. The molecule has 0 spiro atoms. The van der Waals surface area contributed by atoms with E-state index in [0.29, 0.717) is 17.7 Å². The highest BCUT2D eigenvalue weighted by molar-refractivity contribution is 6.04. The zero-order chi connectivity index (χ0) is 26.8. The number of carbonyl (C=O) groups is 3. The molecule has 2 aromatic carbocycles. The maximum atomic E-state index is 13.6. The van der Waals surface area contributed by atoms with Crippen molar-refractivity contribution in [2.75, 3.05) is 32.8 Å². The van der Waals surface area contributed by atoms with Gasteiger partial charge in [-0.1, -0.05) is 43.0 Å². The van der Waals surface area contributed by atoms with Crippen LogP contribution < -0.4 is 14.8 Å². The first-order valence-corrected chi connectivity index (χ1v) is 11.5. The van der Waals surface area contributed by atoms with Crippen LogP contribution in [0.4, 0.5) is 10.5 Å². The summed E-state index contributed by atoms with van der Waals surface area (Å²) >= 11 is 0. The normalized spacial score (nSPS) is 14.4. The van der Waals surface area contributed by atoms with Crippen LogP contribution in [-0.4, -0.2) is 61.5 Å². The molecule has 10 nitrogen and oxygen atoms in total. The van der Waals surface area contributed by atoms with Crippen LogP contribution in [-0.2, 0) is 20.9 Å². The Labute approximate surface area is 215 Å². The number of nitrogens with one attached hydrogen (secondary N) is 1. The van der Waals surface area contributed by atoms with Gasteiger partial charge in [0.25, 0.3) is 5.91 Å². The molecule has 2 aromatic rings. The number of nitrogens with zero attached hydrogens (tertiary/aromatic N) is 1. The van der Waals surface area contributed by atoms with Crippen molar-refractivity contribution in [2.24, 2.45) is 0 Å². The second-order valence-electron chi connectivity index (χ2n) is 8.13. The number of rotatable bonds is 11. The number of carbonyl (C=O) groups excluding carboxylic acids is 3. The van der Waals surface area contributed by atoms with E-state index in [4.69, 9.17) is 18.9 Å². The number of hydrogen-bond acceptors (Lipinski definition) is 8. The number of amides is 2. The highest BCUT2D eigenvalue weighted by Crippen LogP contribution is 2.36. The molecule has 1 heterocycles. The molecule has 3 rings (SSSR count). The van der Waals surface area contributed by atoms with Crippen LogP contribution >= 0.6 is 0 Å². The SMILES string of the molecule is C=CCOC(=O)Nc1cc(OCc2ccccc2)c(OC)cc1C(=O)N1C=C(CC(=O)OC)CC1CO. The average molecular weight is 511 g/mol. The lowest BCUT2D eigenvalue weighted by Gasteiger charge is -2.24. The second kappa shape index (κ2) is 13.1. The van der Waals surface area contributed by atoms with Crippen molar-refractivity contribution >= 4 is 23.7 Å². The summed E-state index contributed by atoms with van der Waals surface area (Å²) in [5.41, 5.74) is 1.74. The summed E-state index contributed by atoms with van der Waals surface area (Å²) in [4.78, 5) is 39.1. The van der Waals surface area contributed by atoms with Crippen molar-refractivity contribution in [3.63, 3.8) is 0 Å². The minimum Gasteiger partial charge on any atom is -0.493 e. The largest absolute Gasteiger partial charge is 0.493 e. The Balaban J connectivity index is 1.96. The van der Waals surface area contributed by atoms with Gasteiger partial charge in [0.1, 0.15) is 13.2 Å². The standard InChI is InChI=1S/C27H30N2O8/c1-4-10-36-27(33)28-22-14-24(37-17-18-8-6-5-7-9-18)23(34-2)13-21(22)26(32)29-15-19(11-20(29)16-30)12-25(31)35-3/h4-9,13-15,20,30H,1,10-12,16-17H2,2-3H3,(H,28,33). The Hall–Kier alpha value is -4.31. The fourth-order valence-corrected chi connectivity index (χ4v) is 3.78. The zero-order valence-electron chi connectivity index (χ0n) is 20.8. The van der Waals surface area contributed by atoms with Crippen molar-refractivity contribution < 1.29 is 38.4 Å². The number of anilines is 1. The first kappa shape index (κ1) is 27.3. The van der Waals surface area contributed by atoms with Crippen molar-refractivity contribution in [1.29, 1.82) is 0 Å². The molecule has 2 N–H and O–H groups in total. The van der Waals surface area contributed by atoms with E-state index in [1.54, 1.807) is 0 Å². The van der Waals surface area contributed by atoms with Crippen molar-refractivity contribution in [3.8, 4) is 11.5 Å². The molecule has 2 amide bonds. The predicted octanol–water partition coefficient (Wildman–Crippen LogP) is 3.66. The Morgan fingerprint density at radius 2 is 1.92 bits per heavy atom. The van der Waals surface area contributed by atoms with Gasteiger partial charge in [-0.05, 0) is 23.6 Å². The number of hydrogen-bond donors (Lipinski definition) is 2. The minimum absolute atomic E-state index is 0.00858. The van der Waals surface area contributed by atoms with Crippen LogP contribution in [0, 0.1) is 0 Å². The summed E-state index contributed by atoms with van der Waals surface area (Å²) in [5, 5.41) is 12.5. The van der Waals surface area contributed by atoms with Gasteiger partial charge in [0.2, 0.25) is 0 Å². The van der Waals surface area contributed by atoms with Crippen molar-refractivity contribution in [2.45, 2.75) is 25.5 Å². The highest BCUT2D eigenvalue weighted by atomic mass is 16.5. The first-order valence-electron chi connectivity index (χ1n) is 11.5. The fraction of sp³-hybridized carbons (Fsp3) is 0.296. The Morgan fingerprint density at radius 3 is 2.57 bits per heavy atom. The molecule has 37 heavy (non-hydrogen) atoms. The summed E-state index contributed by atoms with van der Waals surface area (Å²) in [6.45, 7) is 3.39. The maximum absolute atomic E-state index is 13.6. The smallest absolute Gasteiger partial charge is 0.411 e. The van der Waals surface area contributed by atoms with E-state index < -0.39 is 24.0 Å². The van der Waals surface area contributed by atoms with Gasteiger partial charge in [-0.15, -0.1) is 0 Å². The molecule has 10 heteroatoms. The van der Waals surface area contributed by atoms with Crippen LogP contribution in [0.3, 0.4) is 0 Å². The summed E-state index contributed by atoms with van der Waals surface area (Å²) in [7, 11) is 2.71. The summed E-state index contributed by atoms with van der Waals surface area (Å²) in [6.07, 6.45) is 2.43. The van der Waals surface area contributed by atoms with Crippen LogP contribution in [0.5, 0.6) is 11.5 Å². The monoisotopic (exact) mass is 510 g/mol. The molecule has 1 aliphatic heterocycles. The molecular weight excluding hydrogens is 480 g/mol. The van der Waals surface area contributed by atoms with E-state index in [0.717, 1.165) is 5.56 Å². The lowest BCUT2D eigenvalue weighted by Crippen LogP contribution is -2.36. The quantitative estimate of drug-likeness (QED) is 0.347. The zero-order valence-corrected chi connectivity index (χ0v) is 20.8. The number of aliphatic hydroxyl groups is 1. The van der Waals surface area contributed by atoms with Crippen LogP contribution in [0.15, 0.2) is 66.9 Å².